The van der Waals surface area contributed by atoms with Gasteiger partial charge in [0.1, 0.15) is 5.92 Å². The fourth-order valence-electron chi connectivity index (χ4n) is 1.38. The quantitative estimate of drug-likeness (QED) is 0.717. The van der Waals surface area contributed by atoms with Crippen molar-refractivity contribution in [1.82, 2.24) is 0 Å². The standard InChI is InChI=1S/C11H14N2O5S/c1-4-18-10(15)8-6(2)12-11(16)13-9(8)19-5-7(14)17-3/h8H,4-5H2,1-3H3. The van der Waals surface area contributed by atoms with Gasteiger partial charge in [0.05, 0.1) is 24.5 Å². The molecule has 1 heterocycles. The van der Waals surface area contributed by atoms with Crippen molar-refractivity contribution in [1.29, 1.82) is 0 Å². The third-order valence-electron chi connectivity index (χ3n) is 2.23. The summed E-state index contributed by atoms with van der Waals surface area (Å²) in [5.41, 5.74) is 0.311. The van der Waals surface area contributed by atoms with Crippen molar-refractivity contribution >= 4 is 40.5 Å². The van der Waals surface area contributed by atoms with Crippen LogP contribution < -0.4 is 0 Å². The zero-order chi connectivity index (χ0) is 14.4. The third-order valence-corrected chi connectivity index (χ3v) is 3.23. The van der Waals surface area contributed by atoms with Crippen LogP contribution >= 0.6 is 11.8 Å². The van der Waals surface area contributed by atoms with Crippen LogP contribution in [0.1, 0.15) is 13.8 Å². The van der Waals surface area contributed by atoms with Crippen LogP contribution in [-0.4, -0.2) is 48.2 Å². The zero-order valence-electron chi connectivity index (χ0n) is 10.8. The van der Waals surface area contributed by atoms with Crippen molar-refractivity contribution in [2.75, 3.05) is 19.5 Å². The van der Waals surface area contributed by atoms with E-state index < -0.39 is 23.9 Å². The number of thioether (sulfide) groups is 1. The van der Waals surface area contributed by atoms with Gasteiger partial charge in [0.15, 0.2) is 0 Å². The summed E-state index contributed by atoms with van der Waals surface area (Å²) in [5.74, 6) is -1.87. The summed E-state index contributed by atoms with van der Waals surface area (Å²) < 4.78 is 9.40. The molecule has 0 saturated carbocycles. The van der Waals surface area contributed by atoms with E-state index in [1.165, 1.54) is 7.11 Å². The van der Waals surface area contributed by atoms with Crippen LogP contribution in [-0.2, 0) is 19.1 Å². The lowest BCUT2D eigenvalue weighted by molar-refractivity contribution is -0.143. The molecule has 0 N–H and O–H groups in total. The lowest BCUT2D eigenvalue weighted by atomic mass is 10.1. The molecule has 0 radical (unpaired) electrons. The molecule has 1 aliphatic heterocycles. The smallest absolute Gasteiger partial charge is 0.367 e. The predicted octanol–water partition coefficient (Wildman–Crippen LogP) is 1.06. The van der Waals surface area contributed by atoms with Crippen molar-refractivity contribution in [2.24, 2.45) is 15.9 Å². The Hall–Kier alpha value is -1.70. The SMILES string of the molecule is CCOC(=O)C1C(C)=NC(=O)N=C1SCC(=O)OC. The number of nitrogens with zero attached hydrogens (tertiary/aromatic N) is 2. The van der Waals surface area contributed by atoms with Crippen LogP contribution in [0.4, 0.5) is 4.79 Å². The summed E-state index contributed by atoms with van der Waals surface area (Å²) in [6.07, 6.45) is 0. The van der Waals surface area contributed by atoms with Crippen molar-refractivity contribution < 1.29 is 23.9 Å². The second-order valence-corrected chi connectivity index (χ2v) is 4.53. The Balaban J connectivity index is 2.86. The highest BCUT2D eigenvalue weighted by Crippen LogP contribution is 2.21. The number of ether oxygens (including phenoxy) is 2. The van der Waals surface area contributed by atoms with Crippen molar-refractivity contribution in [3.05, 3.63) is 0 Å². The number of carbonyl (C=O) groups is 3. The number of methoxy groups -OCH3 is 1. The monoisotopic (exact) mass is 286 g/mol. The molecule has 0 aliphatic carbocycles. The molecule has 0 aromatic carbocycles. The Kier molecular flexibility index (Phi) is 5.68. The summed E-state index contributed by atoms with van der Waals surface area (Å²) >= 11 is 0.973. The van der Waals surface area contributed by atoms with Gasteiger partial charge in [-0.1, -0.05) is 11.8 Å². The maximum absolute atomic E-state index is 11.8. The van der Waals surface area contributed by atoms with E-state index in [9.17, 15) is 14.4 Å². The van der Waals surface area contributed by atoms with E-state index in [0.29, 0.717) is 5.71 Å². The molecule has 104 valence electrons. The zero-order valence-corrected chi connectivity index (χ0v) is 11.7. The fraction of sp³-hybridized carbons (Fsp3) is 0.545. The largest absolute Gasteiger partial charge is 0.468 e. The molecular weight excluding hydrogens is 272 g/mol. The minimum Gasteiger partial charge on any atom is -0.468 e. The Morgan fingerprint density at radius 3 is 2.63 bits per heavy atom. The first-order chi connectivity index (χ1) is 8.99. The van der Waals surface area contributed by atoms with Gasteiger partial charge in [-0.15, -0.1) is 0 Å². The van der Waals surface area contributed by atoms with Gasteiger partial charge < -0.3 is 9.47 Å². The first-order valence-corrected chi connectivity index (χ1v) is 6.52. The Labute approximate surface area is 114 Å². The summed E-state index contributed by atoms with van der Waals surface area (Å²) in [5, 5.41) is 0.210. The van der Waals surface area contributed by atoms with E-state index >= 15 is 0 Å². The van der Waals surface area contributed by atoms with Gasteiger partial charge in [0.2, 0.25) is 0 Å². The molecule has 2 amide bonds. The minimum absolute atomic E-state index is 0.0359. The second-order valence-electron chi connectivity index (χ2n) is 3.54. The Bertz CT molecular complexity index is 458. The van der Waals surface area contributed by atoms with E-state index in [-0.39, 0.29) is 17.4 Å². The number of hydrogen-bond donors (Lipinski definition) is 0. The van der Waals surface area contributed by atoms with E-state index in [1.807, 2.05) is 0 Å². The first kappa shape index (κ1) is 15.4. The average molecular weight is 286 g/mol. The molecule has 7 nitrogen and oxygen atoms in total. The predicted molar refractivity (Wildman–Crippen MR) is 70.5 cm³/mol. The van der Waals surface area contributed by atoms with E-state index in [4.69, 9.17) is 4.74 Å². The van der Waals surface area contributed by atoms with Gasteiger partial charge in [-0.25, -0.2) is 4.79 Å². The number of aliphatic imine (C=N–C) groups is 2. The van der Waals surface area contributed by atoms with E-state index in [1.54, 1.807) is 13.8 Å². The first-order valence-electron chi connectivity index (χ1n) is 5.53. The van der Waals surface area contributed by atoms with Gasteiger partial charge in [-0.05, 0) is 13.8 Å². The van der Waals surface area contributed by atoms with Crippen LogP contribution in [0.15, 0.2) is 9.98 Å². The molecule has 0 fully saturated rings. The van der Waals surface area contributed by atoms with Crippen LogP contribution in [0.25, 0.3) is 0 Å². The van der Waals surface area contributed by atoms with Crippen molar-refractivity contribution in [2.45, 2.75) is 13.8 Å². The van der Waals surface area contributed by atoms with Gasteiger partial charge in [0.25, 0.3) is 0 Å². The molecule has 0 bridgehead atoms. The van der Waals surface area contributed by atoms with Crippen molar-refractivity contribution in [3.8, 4) is 0 Å². The molecule has 0 saturated heterocycles. The highest BCUT2D eigenvalue weighted by molar-refractivity contribution is 8.14. The summed E-state index contributed by atoms with van der Waals surface area (Å²) in [4.78, 5) is 41.5. The molecule has 0 aromatic rings. The molecule has 1 aliphatic rings. The van der Waals surface area contributed by atoms with Crippen LogP contribution in [0.5, 0.6) is 0 Å². The van der Waals surface area contributed by atoms with Crippen molar-refractivity contribution in [3.63, 3.8) is 0 Å². The molecule has 1 atom stereocenters. The van der Waals surface area contributed by atoms with E-state index in [2.05, 4.69) is 14.7 Å². The number of carbonyl (C=O) groups excluding carboxylic acids is 3. The second kappa shape index (κ2) is 7.03. The maximum Gasteiger partial charge on any atom is 0.367 e. The molecule has 0 spiro atoms. The minimum atomic E-state index is -0.827. The third kappa shape index (κ3) is 4.16. The number of urea groups is 1. The topological polar surface area (TPSA) is 94.4 Å². The number of esters is 2. The van der Waals surface area contributed by atoms with Gasteiger partial charge in [-0.3, -0.25) is 9.59 Å². The molecule has 1 unspecified atom stereocenters. The lowest BCUT2D eigenvalue weighted by Gasteiger charge is -2.19. The van der Waals surface area contributed by atoms with E-state index in [0.717, 1.165) is 11.8 Å². The number of hydrogen-bond acceptors (Lipinski definition) is 6. The highest BCUT2D eigenvalue weighted by Gasteiger charge is 2.33. The number of rotatable bonds is 4. The number of amides is 2. The lowest BCUT2D eigenvalue weighted by Crippen LogP contribution is -2.34. The van der Waals surface area contributed by atoms with Crippen LogP contribution in [0.2, 0.25) is 0 Å². The average Bonchev–Trinajstić information content (AvgIpc) is 2.35. The van der Waals surface area contributed by atoms with Gasteiger partial charge in [0, 0.05) is 5.71 Å². The molecule has 1 rings (SSSR count). The summed E-state index contributed by atoms with van der Waals surface area (Å²) in [6, 6.07) is -0.689. The van der Waals surface area contributed by atoms with Gasteiger partial charge >= 0.3 is 18.0 Å². The Morgan fingerprint density at radius 1 is 1.37 bits per heavy atom. The van der Waals surface area contributed by atoms with Gasteiger partial charge in [-0.2, -0.15) is 9.98 Å². The fourth-order valence-corrected chi connectivity index (χ4v) is 2.34. The normalized spacial score (nSPS) is 18.5. The molecule has 19 heavy (non-hydrogen) atoms. The highest BCUT2D eigenvalue weighted by atomic mass is 32.2. The Morgan fingerprint density at radius 2 is 2.05 bits per heavy atom. The summed E-state index contributed by atoms with van der Waals surface area (Å²) in [6.45, 7) is 3.44. The summed E-state index contributed by atoms with van der Waals surface area (Å²) in [7, 11) is 1.26. The van der Waals surface area contributed by atoms with Crippen LogP contribution in [0.3, 0.4) is 0 Å². The van der Waals surface area contributed by atoms with Crippen LogP contribution in [0, 0.1) is 5.92 Å². The molecular formula is C11H14N2O5S. The molecule has 0 aromatic heterocycles. The maximum atomic E-state index is 11.8. The molecule has 8 heteroatoms.